The number of anilines is 1. The summed E-state index contributed by atoms with van der Waals surface area (Å²) in [5, 5.41) is 13.3. The van der Waals surface area contributed by atoms with E-state index in [1.165, 1.54) is 12.8 Å². The molecule has 2 aliphatic rings. The summed E-state index contributed by atoms with van der Waals surface area (Å²) in [5.41, 5.74) is 4.07. The Morgan fingerprint density at radius 1 is 1.24 bits per heavy atom. The highest BCUT2D eigenvalue weighted by Gasteiger charge is 2.32. The van der Waals surface area contributed by atoms with Gasteiger partial charge in [-0.2, -0.15) is 5.26 Å². The third-order valence-electron chi connectivity index (χ3n) is 6.44. The number of carbonyl (C=O) groups is 1. The van der Waals surface area contributed by atoms with E-state index in [-0.39, 0.29) is 12.0 Å². The molecule has 3 aromatic rings. The van der Waals surface area contributed by atoms with Crippen molar-refractivity contribution >= 4 is 28.4 Å². The average Bonchev–Trinajstić information content (AvgIpc) is 3.47. The molecule has 1 aliphatic heterocycles. The molecule has 1 aromatic carbocycles. The van der Waals surface area contributed by atoms with Gasteiger partial charge in [-0.1, -0.05) is 25.0 Å². The minimum atomic E-state index is 0.206. The SMILES string of the molecule is Cc1cc(NC2CCN(C(=O)C3CCCC3)C2)n2c(nc3ccccc32)c1C#N. The van der Waals surface area contributed by atoms with Crippen LogP contribution in [0.1, 0.15) is 43.2 Å². The Labute approximate surface area is 170 Å². The molecule has 2 fully saturated rings. The monoisotopic (exact) mass is 387 g/mol. The van der Waals surface area contributed by atoms with E-state index in [1.54, 1.807) is 0 Å². The maximum absolute atomic E-state index is 12.8. The number of rotatable bonds is 3. The Bertz CT molecular complexity index is 1140. The van der Waals surface area contributed by atoms with Gasteiger partial charge in [0.25, 0.3) is 0 Å². The summed E-state index contributed by atoms with van der Waals surface area (Å²) < 4.78 is 2.04. The van der Waals surface area contributed by atoms with Crippen LogP contribution in [-0.2, 0) is 4.79 Å². The average molecular weight is 387 g/mol. The molecule has 0 bridgehead atoms. The zero-order valence-electron chi connectivity index (χ0n) is 16.7. The number of benzene rings is 1. The highest BCUT2D eigenvalue weighted by molar-refractivity contribution is 5.85. The van der Waals surface area contributed by atoms with Gasteiger partial charge in [0.2, 0.25) is 5.91 Å². The lowest BCUT2D eigenvalue weighted by molar-refractivity contribution is -0.134. The van der Waals surface area contributed by atoms with Crippen LogP contribution in [0, 0.1) is 24.2 Å². The van der Waals surface area contributed by atoms with Crippen molar-refractivity contribution in [3.8, 4) is 6.07 Å². The molecule has 1 aliphatic carbocycles. The molecule has 1 unspecified atom stereocenters. The molecule has 0 radical (unpaired) electrons. The van der Waals surface area contributed by atoms with Crippen molar-refractivity contribution in [2.75, 3.05) is 18.4 Å². The molecule has 148 valence electrons. The van der Waals surface area contributed by atoms with Crippen LogP contribution in [0.4, 0.5) is 5.82 Å². The van der Waals surface area contributed by atoms with Gasteiger partial charge >= 0.3 is 0 Å². The molecule has 6 heteroatoms. The zero-order valence-corrected chi connectivity index (χ0v) is 16.7. The lowest BCUT2D eigenvalue weighted by Crippen LogP contribution is -2.35. The number of nitriles is 1. The lowest BCUT2D eigenvalue weighted by atomic mass is 10.1. The largest absolute Gasteiger partial charge is 0.367 e. The molecule has 3 heterocycles. The summed E-state index contributed by atoms with van der Waals surface area (Å²) in [6.45, 7) is 3.51. The number of carbonyl (C=O) groups excluding carboxylic acids is 1. The summed E-state index contributed by atoms with van der Waals surface area (Å²) in [6, 6.07) is 12.5. The Hall–Kier alpha value is -3.07. The van der Waals surface area contributed by atoms with Crippen LogP contribution in [0.2, 0.25) is 0 Å². The number of hydrogen-bond acceptors (Lipinski definition) is 4. The number of hydrogen-bond donors (Lipinski definition) is 1. The molecular formula is C23H25N5O. The van der Waals surface area contributed by atoms with E-state index < -0.39 is 0 Å². The smallest absolute Gasteiger partial charge is 0.225 e. The third kappa shape index (κ3) is 3.02. The first-order valence-corrected chi connectivity index (χ1v) is 10.5. The fourth-order valence-corrected chi connectivity index (χ4v) is 4.92. The second-order valence-electron chi connectivity index (χ2n) is 8.35. The van der Waals surface area contributed by atoms with Gasteiger partial charge in [0, 0.05) is 25.0 Å². The van der Waals surface area contributed by atoms with Crippen LogP contribution in [-0.4, -0.2) is 39.3 Å². The Kier molecular flexibility index (Phi) is 4.39. The van der Waals surface area contributed by atoms with Gasteiger partial charge in [-0.25, -0.2) is 4.98 Å². The van der Waals surface area contributed by atoms with Crippen LogP contribution in [0.15, 0.2) is 30.3 Å². The van der Waals surface area contributed by atoms with E-state index in [9.17, 15) is 10.1 Å². The van der Waals surface area contributed by atoms with Crippen LogP contribution >= 0.6 is 0 Å². The Balaban J connectivity index is 1.46. The first kappa shape index (κ1) is 18.0. The number of imidazole rings is 1. The Morgan fingerprint density at radius 3 is 2.83 bits per heavy atom. The molecule has 1 saturated heterocycles. The Morgan fingerprint density at radius 2 is 2.03 bits per heavy atom. The van der Waals surface area contributed by atoms with Gasteiger partial charge < -0.3 is 10.2 Å². The van der Waals surface area contributed by atoms with Crippen molar-refractivity contribution in [1.82, 2.24) is 14.3 Å². The van der Waals surface area contributed by atoms with E-state index in [0.29, 0.717) is 17.1 Å². The minimum absolute atomic E-state index is 0.206. The number of nitrogens with zero attached hydrogens (tertiary/aromatic N) is 4. The maximum Gasteiger partial charge on any atom is 0.225 e. The summed E-state index contributed by atoms with van der Waals surface area (Å²) >= 11 is 0. The maximum atomic E-state index is 12.8. The van der Waals surface area contributed by atoms with Crippen LogP contribution in [0.25, 0.3) is 16.7 Å². The molecule has 2 aromatic heterocycles. The zero-order chi connectivity index (χ0) is 20.0. The number of pyridine rings is 1. The molecule has 1 saturated carbocycles. The summed E-state index contributed by atoms with van der Waals surface area (Å²) in [5.74, 6) is 1.50. The highest BCUT2D eigenvalue weighted by atomic mass is 16.2. The number of nitrogens with one attached hydrogen (secondary N) is 1. The molecule has 1 N–H and O–H groups in total. The van der Waals surface area contributed by atoms with Crippen molar-refractivity contribution in [3.63, 3.8) is 0 Å². The second kappa shape index (κ2) is 7.07. The number of aromatic nitrogens is 2. The van der Waals surface area contributed by atoms with Crippen molar-refractivity contribution in [2.45, 2.75) is 45.1 Å². The summed E-state index contributed by atoms with van der Waals surface area (Å²) in [4.78, 5) is 19.5. The van der Waals surface area contributed by atoms with Gasteiger partial charge in [-0.3, -0.25) is 9.20 Å². The molecular weight excluding hydrogens is 362 g/mol. The number of para-hydroxylation sites is 2. The molecule has 1 amide bonds. The van der Waals surface area contributed by atoms with E-state index in [0.717, 1.165) is 54.8 Å². The number of amides is 1. The topological polar surface area (TPSA) is 73.4 Å². The molecule has 29 heavy (non-hydrogen) atoms. The third-order valence-corrected chi connectivity index (χ3v) is 6.44. The standard InChI is InChI=1S/C23H25N5O/c1-15-12-21(25-17-10-11-27(14-17)23(29)16-6-2-3-7-16)28-20-9-5-4-8-19(20)26-22(28)18(15)13-24/h4-5,8-9,12,16-17,25H,2-3,6-7,10-11,14H2,1H3. The second-order valence-corrected chi connectivity index (χ2v) is 8.35. The summed E-state index contributed by atoms with van der Waals surface area (Å²) in [6.07, 6.45) is 5.39. The van der Waals surface area contributed by atoms with Gasteiger partial charge in [0.1, 0.15) is 11.9 Å². The number of aryl methyl sites for hydroxylation is 1. The first-order chi connectivity index (χ1) is 14.2. The highest BCUT2D eigenvalue weighted by Crippen LogP contribution is 2.30. The molecule has 1 atom stereocenters. The minimum Gasteiger partial charge on any atom is -0.367 e. The normalized spacial score (nSPS) is 19.9. The van der Waals surface area contributed by atoms with E-state index >= 15 is 0 Å². The van der Waals surface area contributed by atoms with E-state index in [2.05, 4.69) is 11.4 Å². The molecule has 0 spiro atoms. The predicted octanol–water partition coefficient (Wildman–Crippen LogP) is 3.87. The van der Waals surface area contributed by atoms with Gasteiger partial charge in [0.05, 0.1) is 16.6 Å². The van der Waals surface area contributed by atoms with Crippen molar-refractivity contribution in [2.24, 2.45) is 5.92 Å². The predicted molar refractivity (Wildman–Crippen MR) is 113 cm³/mol. The first-order valence-electron chi connectivity index (χ1n) is 10.5. The van der Waals surface area contributed by atoms with Crippen LogP contribution < -0.4 is 5.32 Å². The van der Waals surface area contributed by atoms with Crippen LogP contribution in [0.3, 0.4) is 0 Å². The molecule has 5 rings (SSSR count). The van der Waals surface area contributed by atoms with Crippen LogP contribution in [0.5, 0.6) is 0 Å². The summed E-state index contributed by atoms with van der Waals surface area (Å²) in [7, 11) is 0. The lowest BCUT2D eigenvalue weighted by Gasteiger charge is -2.21. The quantitative estimate of drug-likeness (QED) is 0.740. The van der Waals surface area contributed by atoms with Crippen molar-refractivity contribution in [1.29, 1.82) is 5.26 Å². The number of likely N-dealkylation sites (tertiary alicyclic amines) is 1. The van der Waals surface area contributed by atoms with Gasteiger partial charge in [-0.15, -0.1) is 0 Å². The number of fused-ring (bicyclic) bond motifs is 3. The van der Waals surface area contributed by atoms with Gasteiger partial charge in [-0.05, 0) is 49.9 Å². The fourth-order valence-electron chi connectivity index (χ4n) is 4.92. The fraction of sp³-hybridized carbons (Fsp3) is 0.435. The van der Waals surface area contributed by atoms with Gasteiger partial charge in [0.15, 0.2) is 5.65 Å². The molecule has 6 nitrogen and oxygen atoms in total. The van der Waals surface area contributed by atoms with E-state index in [1.807, 2.05) is 46.6 Å². The van der Waals surface area contributed by atoms with Crippen molar-refractivity contribution in [3.05, 3.63) is 41.5 Å². The van der Waals surface area contributed by atoms with Crippen molar-refractivity contribution < 1.29 is 4.79 Å². The van der Waals surface area contributed by atoms with E-state index in [4.69, 9.17) is 4.98 Å².